The van der Waals surface area contributed by atoms with Gasteiger partial charge >= 0.3 is 0 Å². The number of likely N-dealkylation sites (N-methyl/N-ethyl adjacent to an activating group) is 1. The van der Waals surface area contributed by atoms with Gasteiger partial charge in [-0.3, -0.25) is 14.4 Å². The second kappa shape index (κ2) is 11.9. The Morgan fingerprint density at radius 2 is 1.81 bits per heavy atom. The van der Waals surface area contributed by atoms with E-state index in [1.165, 1.54) is 24.3 Å². The third-order valence-electron chi connectivity index (χ3n) is 4.38. The Labute approximate surface area is 185 Å². The average Bonchev–Trinajstić information content (AvgIpc) is 2.72. The number of amides is 3. The monoisotopic (exact) mass is 449 g/mol. The first-order valence-corrected chi connectivity index (χ1v) is 10.2. The summed E-state index contributed by atoms with van der Waals surface area (Å²) in [6, 6.07) is 10.3. The van der Waals surface area contributed by atoms with Crippen LogP contribution in [0.5, 0.6) is 5.75 Å². The maximum Gasteiger partial charge on any atom is 0.260 e. The molecule has 0 aliphatic heterocycles. The van der Waals surface area contributed by atoms with Crippen molar-refractivity contribution in [1.82, 2.24) is 10.2 Å². The molecule has 0 aliphatic rings. The minimum Gasteiger partial charge on any atom is -0.482 e. The Morgan fingerprint density at radius 3 is 2.45 bits per heavy atom. The van der Waals surface area contributed by atoms with Crippen LogP contribution < -0.4 is 15.4 Å². The van der Waals surface area contributed by atoms with Gasteiger partial charge in [0.1, 0.15) is 11.6 Å². The Balaban J connectivity index is 1.81. The molecule has 0 heterocycles. The molecular formula is C22H25ClFN3O4. The molecule has 2 aromatic carbocycles. The Bertz CT molecular complexity index is 935. The summed E-state index contributed by atoms with van der Waals surface area (Å²) >= 11 is 6.17. The zero-order valence-corrected chi connectivity index (χ0v) is 18.2. The first kappa shape index (κ1) is 24.1. The number of hydrogen-bond donors (Lipinski definition) is 2. The van der Waals surface area contributed by atoms with E-state index in [0.717, 1.165) is 0 Å². The molecule has 2 aromatic rings. The summed E-state index contributed by atoms with van der Waals surface area (Å²) in [6.45, 7) is 4.57. The van der Waals surface area contributed by atoms with E-state index in [1.54, 1.807) is 23.1 Å². The lowest BCUT2D eigenvalue weighted by molar-refractivity contribution is -0.133. The van der Waals surface area contributed by atoms with Crippen LogP contribution in [0.2, 0.25) is 5.02 Å². The van der Waals surface area contributed by atoms with Crippen molar-refractivity contribution < 1.29 is 23.5 Å². The van der Waals surface area contributed by atoms with Crippen molar-refractivity contribution in [3.05, 3.63) is 58.9 Å². The van der Waals surface area contributed by atoms with Gasteiger partial charge in [0.15, 0.2) is 6.61 Å². The zero-order chi connectivity index (χ0) is 22.8. The number of ether oxygens (including phenoxy) is 1. The van der Waals surface area contributed by atoms with E-state index in [1.807, 2.05) is 13.8 Å². The van der Waals surface area contributed by atoms with Crippen LogP contribution in [0.4, 0.5) is 10.1 Å². The highest BCUT2D eigenvalue weighted by molar-refractivity contribution is 6.32. The summed E-state index contributed by atoms with van der Waals surface area (Å²) in [5, 5.41) is 5.32. The van der Waals surface area contributed by atoms with E-state index in [0.29, 0.717) is 30.1 Å². The van der Waals surface area contributed by atoms with E-state index in [9.17, 15) is 18.8 Å². The fourth-order valence-corrected chi connectivity index (χ4v) is 3.02. The van der Waals surface area contributed by atoms with Gasteiger partial charge in [0.2, 0.25) is 11.8 Å². The zero-order valence-electron chi connectivity index (χ0n) is 17.4. The summed E-state index contributed by atoms with van der Waals surface area (Å²) in [5.41, 5.74) is 0.927. The summed E-state index contributed by atoms with van der Waals surface area (Å²) < 4.78 is 18.6. The number of anilines is 1. The van der Waals surface area contributed by atoms with Crippen molar-refractivity contribution in [1.29, 1.82) is 0 Å². The number of carbonyl (C=O) groups is 3. The van der Waals surface area contributed by atoms with Gasteiger partial charge in [-0.2, -0.15) is 0 Å². The van der Waals surface area contributed by atoms with Gasteiger partial charge in [-0.05, 0) is 49.7 Å². The van der Waals surface area contributed by atoms with Crippen LogP contribution in [0.25, 0.3) is 0 Å². The van der Waals surface area contributed by atoms with Crippen molar-refractivity contribution in [2.24, 2.45) is 0 Å². The average molecular weight is 450 g/mol. The largest absolute Gasteiger partial charge is 0.482 e. The van der Waals surface area contributed by atoms with Crippen molar-refractivity contribution in [3.8, 4) is 5.75 Å². The third-order valence-corrected chi connectivity index (χ3v) is 4.68. The van der Waals surface area contributed by atoms with E-state index in [2.05, 4.69) is 10.6 Å². The van der Waals surface area contributed by atoms with Gasteiger partial charge in [0.05, 0.1) is 18.0 Å². The van der Waals surface area contributed by atoms with Crippen molar-refractivity contribution in [2.75, 3.05) is 31.6 Å². The summed E-state index contributed by atoms with van der Waals surface area (Å²) in [7, 11) is 0. The molecule has 0 radical (unpaired) electrons. The van der Waals surface area contributed by atoms with Crippen LogP contribution in [0.15, 0.2) is 42.5 Å². The SMILES string of the molecule is CCN(CC)C(=O)COc1ccc(NC(=O)CNC(=O)Cc2cccc(F)c2)cc1Cl. The predicted molar refractivity (Wildman–Crippen MR) is 117 cm³/mol. The molecular weight excluding hydrogens is 425 g/mol. The van der Waals surface area contributed by atoms with Crippen LogP contribution in [-0.2, 0) is 20.8 Å². The van der Waals surface area contributed by atoms with Gasteiger partial charge in [-0.1, -0.05) is 23.7 Å². The fourth-order valence-electron chi connectivity index (χ4n) is 2.78. The molecule has 0 unspecified atom stereocenters. The molecule has 7 nitrogen and oxygen atoms in total. The lowest BCUT2D eigenvalue weighted by Gasteiger charge is -2.19. The van der Waals surface area contributed by atoms with E-state index < -0.39 is 17.6 Å². The van der Waals surface area contributed by atoms with Crippen LogP contribution in [0.1, 0.15) is 19.4 Å². The standard InChI is InChI=1S/C22H25ClFN3O4/c1-3-27(4-2)22(30)14-31-19-9-8-17(12-18(19)23)26-21(29)13-25-20(28)11-15-6-5-7-16(24)10-15/h5-10,12H,3-4,11,13-14H2,1-2H3,(H,25,28)(H,26,29). The van der Waals surface area contributed by atoms with Gasteiger partial charge in [-0.25, -0.2) is 4.39 Å². The molecule has 31 heavy (non-hydrogen) atoms. The summed E-state index contributed by atoms with van der Waals surface area (Å²) in [4.78, 5) is 37.6. The summed E-state index contributed by atoms with van der Waals surface area (Å²) in [5.74, 6) is -1.10. The van der Waals surface area contributed by atoms with Crippen LogP contribution >= 0.6 is 11.6 Å². The highest BCUT2D eigenvalue weighted by Crippen LogP contribution is 2.27. The number of nitrogens with one attached hydrogen (secondary N) is 2. The van der Waals surface area contributed by atoms with Crippen LogP contribution in [-0.4, -0.2) is 48.9 Å². The molecule has 0 bridgehead atoms. The fraction of sp³-hybridized carbons (Fsp3) is 0.318. The first-order valence-electron chi connectivity index (χ1n) is 9.83. The van der Waals surface area contributed by atoms with Gasteiger partial charge in [-0.15, -0.1) is 0 Å². The molecule has 0 aliphatic carbocycles. The van der Waals surface area contributed by atoms with Crippen molar-refractivity contribution in [2.45, 2.75) is 20.3 Å². The Morgan fingerprint density at radius 1 is 1.06 bits per heavy atom. The van der Waals surface area contributed by atoms with Gasteiger partial charge in [0, 0.05) is 18.8 Å². The van der Waals surface area contributed by atoms with Crippen LogP contribution in [0.3, 0.4) is 0 Å². The maximum absolute atomic E-state index is 13.2. The highest BCUT2D eigenvalue weighted by Gasteiger charge is 2.13. The van der Waals surface area contributed by atoms with Crippen molar-refractivity contribution >= 4 is 35.0 Å². The van der Waals surface area contributed by atoms with E-state index in [-0.39, 0.29) is 30.5 Å². The lowest BCUT2D eigenvalue weighted by atomic mass is 10.1. The quantitative estimate of drug-likeness (QED) is 0.583. The lowest BCUT2D eigenvalue weighted by Crippen LogP contribution is -2.34. The molecule has 3 amide bonds. The normalized spacial score (nSPS) is 10.3. The first-order chi connectivity index (χ1) is 14.8. The second-order valence-corrected chi connectivity index (χ2v) is 7.04. The number of nitrogens with zero attached hydrogens (tertiary/aromatic N) is 1. The number of halogens is 2. The van der Waals surface area contributed by atoms with E-state index >= 15 is 0 Å². The molecule has 0 saturated heterocycles. The molecule has 2 N–H and O–H groups in total. The molecule has 0 aromatic heterocycles. The third kappa shape index (κ3) is 7.90. The Hall–Kier alpha value is -3.13. The van der Waals surface area contributed by atoms with Gasteiger partial charge in [0.25, 0.3) is 5.91 Å². The molecule has 0 atom stereocenters. The van der Waals surface area contributed by atoms with E-state index in [4.69, 9.17) is 16.3 Å². The predicted octanol–water partition coefficient (Wildman–Crippen LogP) is 3.02. The molecule has 0 fully saturated rings. The summed E-state index contributed by atoms with van der Waals surface area (Å²) in [6.07, 6.45) is -0.0326. The minimum atomic E-state index is -0.450. The molecule has 0 saturated carbocycles. The number of hydrogen-bond acceptors (Lipinski definition) is 4. The molecule has 166 valence electrons. The molecule has 2 rings (SSSR count). The number of benzene rings is 2. The second-order valence-electron chi connectivity index (χ2n) is 6.63. The smallest absolute Gasteiger partial charge is 0.260 e. The minimum absolute atomic E-state index is 0.0326. The number of carbonyl (C=O) groups excluding carboxylic acids is 3. The van der Waals surface area contributed by atoms with Gasteiger partial charge < -0.3 is 20.3 Å². The number of rotatable bonds is 10. The topological polar surface area (TPSA) is 87.7 Å². The molecule has 0 spiro atoms. The molecule has 9 heteroatoms. The van der Waals surface area contributed by atoms with Crippen molar-refractivity contribution in [3.63, 3.8) is 0 Å². The van der Waals surface area contributed by atoms with Crippen LogP contribution in [0, 0.1) is 5.82 Å². The highest BCUT2D eigenvalue weighted by atomic mass is 35.5. The maximum atomic E-state index is 13.2. The Kier molecular flexibility index (Phi) is 9.27.